The summed E-state index contributed by atoms with van der Waals surface area (Å²) in [6.45, 7) is 3.56. The van der Waals surface area contributed by atoms with Gasteiger partial charge in [0.25, 0.3) is 0 Å². The van der Waals surface area contributed by atoms with Crippen molar-refractivity contribution in [2.75, 3.05) is 30.3 Å². The van der Waals surface area contributed by atoms with Gasteiger partial charge in [-0.1, -0.05) is 30.0 Å². The summed E-state index contributed by atoms with van der Waals surface area (Å²) >= 11 is 0.851. The molecule has 2 N–H and O–H groups in total. The zero-order valence-corrected chi connectivity index (χ0v) is 17.4. The van der Waals surface area contributed by atoms with Crippen LogP contribution in [0.1, 0.15) is 31.7 Å². The van der Waals surface area contributed by atoms with Crippen molar-refractivity contribution in [1.82, 2.24) is 0 Å². The van der Waals surface area contributed by atoms with Crippen molar-refractivity contribution < 1.29 is 15.0 Å². The number of aliphatic hydroxyl groups is 2. The van der Waals surface area contributed by atoms with Crippen molar-refractivity contribution in [3.63, 3.8) is 0 Å². The molecule has 2 aromatic carbocycles. The number of carbonyl (C=O) groups is 1. The molecule has 0 aliphatic carbocycles. The SMILES string of the molecule is C/C(=C(/C#N)C(=O)SCC(O)CO)c1ccc2cc(N3CCCCC3)ccc2c1. The number of rotatable bonds is 6. The van der Waals surface area contributed by atoms with E-state index in [0.29, 0.717) is 5.57 Å². The predicted octanol–water partition coefficient (Wildman–Crippen LogP) is 3.74. The first-order valence-corrected chi connectivity index (χ1v) is 10.9. The Hall–Kier alpha value is -2.33. The molecule has 2 aromatic rings. The summed E-state index contributed by atoms with van der Waals surface area (Å²) in [5, 5.41) is 29.6. The van der Waals surface area contributed by atoms with Crippen LogP contribution in [0.5, 0.6) is 0 Å². The molecule has 1 atom stereocenters. The van der Waals surface area contributed by atoms with E-state index in [0.717, 1.165) is 41.2 Å². The van der Waals surface area contributed by atoms with E-state index < -0.39 is 17.8 Å². The molecule has 0 radical (unpaired) electrons. The Morgan fingerprint density at radius 3 is 2.55 bits per heavy atom. The quantitative estimate of drug-likeness (QED) is 0.557. The van der Waals surface area contributed by atoms with Crippen LogP contribution in [0.2, 0.25) is 0 Å². The van der Waals surface area contributed by atoms with Crippen LogP contribution in [0.3, 0.4) is 0 Å². The molecule has 1 fully saturated rings. The summed E-state index contributed by atoms with van der Waals surface area (Å²) in [6.07, 6.45) is 2.80. The van der Waals surface area contributed by atoms with E-state index in [-0.39, 0.29) is 11.3 Å². The number of thioether (sulfide) groups is 1. The molecule has 1 aliphatic heterocycles. The molecular formula is C23H26N2O3S. The second-order valence-electron chi connectivity index (χ2n) is 7.34. The lowest BCUT2D eigenvalue weighted by Crippen LogP contribution is -2.29. The molecule has 1 heterocycles. The summed E-state index contributed by atoms with van der Waals surface area (Å²) in [4.78, 5) is 14.8. The molecular weight excluding hydrogens is 384 g/mol. The van der Waals surface area contributed by atoms with E-state index in [1.807, 2.05) is 24.3 Å². The van der Waals surface area contributed by atoms with Crippen LogP contribution in [0.25, 0.3) is 16.3 Å². The van der Waals surface area contributed by atoms with Gasteiger partial charge in [0, 0.05) is 24.5 Å². The number of hydrogen-bond acceptors (Lipinski definition) is 6. The Morgan fingerprint density at radius 2 is 1.86 bits per heavy atom. The average Bonchev–Trinajstić information content (AvgIpc) is 2.77. The average molecular weight is 411 g/mol. The number of benzene rings is 2. The summed E-state index contributed by atoms with van der Waals surface area (Å²) in [6, 6.07) is 14.4. The molecule has 1 unspecified atom stereocenters. The standard InChI is InChI=1S/C23H26N2O3S/c1-16(22(13-24)23(28)29-15-21(27)14-26)17-5-6-19-12-20(8-7-18(19)11-17)25-9-3-2-4-10-25/h5-8,11-12,21,26-27H,2-4,9-10,14-15H2,1H3/b22-16+. The fourth-order valence-corrected chi connectivity index (χ4v) is 4.33. The zero-order chi connectivity index (χ0) is 20.8. The summed E-state index contributed by atoms with van der Waals surface area (Å²) in [5.41, 5.74) is 2.76. The Kier molecular flexibility index (Phi) is 7.32. The van der Waals surface area contributed by atoms with Crippen LogP contribution in [-0.4, -0.2) is 46.9 Å². The fraction of sp³-hybridized carbons (Fsp3) is 0.391. The molecule has 1 aliphatic rings. The van der Waals surface area contributed by atoms with Crippen LogP contribution in [0.4, 0.5) is 5.69 Å². The molecule has 29 heavy (non-hydrogen) atoms. The van der Waals surface area contributed by atoms with Gasteiger partial charge in [0.15, 0.2) is 0 Å². The minimum Gasteiger partial charge on any atom is -0.394 e. The molecule has 0 spiro atoms. The molecule has 0 bridgehead atoms. The van der Waals surface area contributed by atoms with E-state index in [1.54, 1.807) is 6.92 Å². The highest BCUT2D eigenvalue weighted by Gasteiger charge is 2.17. The zero-order valence-electron chi connectivity index (χ0n) is 16.6. The van der Waals surface area contributed by atoms with E-state index in [2.05, 4.69) is 23.1 Å². The first kappa shape index (κ1) is 21.4. The van der Waals surface area contributed by atoms with Gasteiger partial charge >= 0.3 is 0 Å². The third-order valence-corrected chi connectivity index (χ3v) is 6.30. The van der Waals surface area contributed by atoms with Gasteiger partial charge in [-0.05, 0) is 66.3 Å². The van der Waals surface area contributed by atoms with Crippen molar-refractivity contribution in [3.8, 4) is 6.07 Å². The minimum atomic E-state index is -0.973. The Labute approximate surface area is 175 Å². The second-order valence-corrected chi connectivity index (χ2v) is 8.33. The lowest BCUT2D eigenvalue weighted by atomic mass is 9.98. The van der Waals surface area contributed by atoms with Crippen molar-refractivity contribution in [1.29, 1.82) is 5.26 Å². The maximum absolute atomic E-state index is 12.4. The van der Waals surface area contributed by atoms with Gasteiger partial charge in [0.2, 0.25) is 5.12 Å². The van der Waals surface area contributed by atoms with Gasteiger partial charge in [0.1, 0.15) is 11.6 Å². The van der Waals surface area contributed by atoms with Gasteiger partial charge in [0.05, 0.1) is 12.7 Å². The maximum Gasteiger partial charge on any atom is 0.230 e. The highest BCUT2D eigenvalue weighted by Crippen LogP contribution is 2.29. The third kappa shape index (κ3) is 5.18. The molecule has 0 amide bonds. The lowest BCUT2D eigenvalue weighted by Gasteiger charge is -2.29. The van der Waals surface area contributed by atoms with Crippen LogP contribution in [0.15, 0.2) is 42.0 Å². The van der Waals surface area contributed by atoms with E-state index >= 15 is 0 Å². The Balaban J connectivity index is 1.85. The van der Waals surface area contributed by atoms with Gasteiger partial charge in [-0.15, -0.1) is 0 Å². The Bertz CT molecular complexity index is 958. The van der Waals surface area contributed by atoms with Crippen LogP contribution in [-0.2, 0) is 4.79 Å². The number of hydrogen-bond donors (Lipinski definition) is 2. The number of allylic oxidation sites excluding steroid dienone is 1. The number of anilines is 1. The molecule has 6 heteroatoms. The number of nitriles is 1. The van der Waals surface area contributed by atoms with Gasteiger partial charge in [-0.3, -0.25) is 4.79 Å². The monoisotopic (exact) mass is 410 g/mol. The van der Waals surface area contributed by atoms with Crippen molar-refractivity contribution in [2.24, 2.45) is 0 Å². The highest BCUT2D eigenvalue weighted by molar-refractivity contribution is 8.14. The number of aliphatic hydroxyl groups excluding tert-OH is 2. The lowest BCUT2D eigenvalue weighted by molar-refractivity contribution is -0.107. The van der Waals surface area contributed by atoms with Crippen molar-refractivity contribution in [2.45, 2.75) is 32.3 Å². The maximum atomic E-state index is 12.4. The normalized spacial score (nSPS) is 16.3. The van der Waals surface area contributed by atoms with Crippen molar-refractivity contribution in [3.05, 3.63) is 47.5 Å². The minimum absolute atomic E-state index is 0.0603. The van der Waals surface area contributed by atoms with Crippen LogP contribution >= 0.6 is 11.8 Å². The molecule has 0 aromatic heterocycles. The number of carbonyl (C=O) groups excluding carboxylic acids is 1. The molecule has 0 saturated carbocycles. The first-order valence-electron chi connectivity index (χ1n) is 9.89. The van der Waals surface area contributed by atoms with Crippen LogP contribution in [0, 0.1) is 11.3 Å². The second kappa shape index (κ2) is 9.93. The van der Waals surface area contributed by atoms with Gasteiger partial charge < -0.3 is 15.1 Å². The topological polar surface area (TPSA) is 84.6 Å². The number of nitrogens with zero attached hydrogens (tertiary/aromatic N) is 2. The highest BCUT2D eigenvalue weighted by atomic mass is 32.2. The number of fused-ring (bicyclic) bond motifs is 1. The van der Waals surface area contributed by atoms with Crippen molar-refractivity contribution >= 4 is 38.9 Å². The van der Waals surface area contributed by atoms with Crippen LogP contribution < -0.4 is 4.90 Å². The third-order valence-electron chi connectivity index (χ3n) is 5.29. The fourth-order valence-electron chi connectivity index (χ4n) is 3.54. The summed E-state index contributed by atoms with van der Waals surface area (Å²) < 4.78 is 0. The van der Waals surface area contributed by atoms with Gasteiger partial charge in [-0.2, -0.15) is 5.26 Å². The van der Waals surface area contributed by atoms with E-state index in [1.165, 1.54) is 24.9 Å². The smallest absolute Gasteiger partial charge is 0.230 e. The molecule has 1 saturated heterocycles. The molecule has 152 valence electrons. The van der Waals surface area contributed by atoms with E-state index in [4.69, 9.17) is 5.11 Å². The molecule has 5 nitrogen and oxygen atoms in total. The summed E-state index contributed by atoms with van der Waals surface area (Å²) in [5.74, 6) is 0.0603. The first-order chi connectivity index (χ1) is 14.0. The number of piperidine rings is 1. The summed E-state index contributed by atoms with van der Waals surface area (Å²) in [7, 11) is 0. The Morgan fingerprint density at radius 1 is 1.17 bits per heavy atom. The molecule has 3 rings (SSSR count). The predicted molar refractivity (Wildman–Crippen MR) is 119 cm³/mol. The largest absolute Gasteiger partial charge is 0.394 e. The van der Waals surface area contributed by atoms with Gasteiger partial charge in [-0.25, -0.2) is 0 Å². The van der Waals surface area contributed by atoms with E-state index in [9.17, 15) is 15.2 Å².